The molecule has 0 spiro atoms. The molecule has 0 unspecified atom stereocenters. The molecule has 2 aromatic rings. The third-order valence-electron chi connectivity index (χ3n) is 3.35. The van der Waals surface area contributed by atoms with E-state index in [1.165, 1.54) is 37.3 Å². The second kappa shape index (κ2) is 7.08. The highest BCUT2D eigenvalue weighted by Gasteiger charge is 2.31. The summed E-state index contributed by atoms with van der Waals surface area (Å²) in [6.45, 7) is 0.580. The van der Waals surface area contributed by atoms with E-state index in [1.807, 2.05) is 0 Å². The third kappa shape index (κ3) is 3.89. The average molecular weight is 385 g/mol. The molecule has 0 atom stereocenters. The highest BCUT2D eigenvalue weighted by atomic mass is 35.5. The number of hydrogen-bond donors (Lipinski definition) is 1. The molecule has 25 heavy (non-hydrogen) atoms. The van der Waals surface area contributed by atoms with Crippen LogP contribution >= 0.6 is 11.6 Å². The molecule has 1 N–H and O–H groups in total. The van der Waals surface area contributed by atoms with Gasteiger partial charge in [-0.2, -0.15) is 0 Å². The summed E-state index contributed by atoms with van der Waals surface area (Å²) < 4.78 is 26.6. The molecule has 10 heteroatoms. The fourth-order valence-corrected chi connectivity index (χ4v) is 4.14. The molecule has 2 rings (SSSR count). The first-order valence-corrected chi connectivity index (χ1v) is 8.70. The molecule has 0 radical (unpaired) electrons. The summed E-state index contributed by atoms with van der Waals surface area (Å²) in [7, 11) is -4.39. The molecule has 0 fully saturated rings. The number of para-hydroxylation sites is 1. The van der Waals surface area contributed by atoms with E-state index in [4.69, 9.17) is 16.7 Å². The lowest BCUT2D eigenvalue weighted by atomic mass is 10.2. The van der Waals surface area contributed by atoms with Crippen LogP contribution in [0.1, 0.15) is 5.56 Å². The van der Waals surface area contributed by atoms with Gasteiger partial charge in [0, 0.05) is 12.1 Å². The summed E-state index contributed by atoms with van der Waals surface area (Å²) in [5, 5.41) is 20.1. The highest BCUT2D eigenvalue weighted by Crippen LogP contribution is 2.32. The summed E-state index contributed by atoms with van der Waals surface area (Å²) in [5.41, 5.74) is -0.205. The Morgan fingerprint density at radius 1 is 1.28 bits per heavy atom. The van der Waals surface area contributed by atoms with Crippen molar-refractivity contribution in [3.63, 3.8) is 0 Å². The predicted octanol–water partition coefficient (Wildman–Crippen LogP) is 2.84. The number of nitro benzene ring substituents is 1. The molecule has 0 bridgehead atoms. The SMILES string of the molecule is Cc1ccc([N+](=O)[O-])cc1S(=O)(=O)N(CC(=O)O)c1ccccc1Cl. The molecule has 0 saturated carbocycles. The van der Waals surface area contributed by atoms with Gasteiger partial charge >= 0.3 is 5.97 Å². The van der Waals surface area contributed by atoms with E-state index >= 15 is 0 Å². The summed E-state index contributed by atoms with van der Waals surface area (Å²) in [6, 6.07) is 9.21. The number of carboxylic acids is 1. The molecule has 2 aromatic carbocycles. The zero-order valence-electron chi connectivity index (χ0n) is 12.9. The number of carbonyl (C=O) groups is 1. The second-order valence-corrected chi connectivity index (χ2v) is 7.30. The van der Waals surface area contributed by atoms with Crippen LogP contribution in [-0.2, 0) is 14.8 Å². The predicted molar refractivity (Wildman–Crippen MR) is 91.5 cm³/mol. The van der Waals surface area contributed by atoms with Crippen molar-refractivity contribution in [3.8, 4) is 0 Å². The Labute approximate surface area is 148 Å². The molecule has 0 amide bonds. The Morgan fingerprint density at radius 2 is 1.92 bits per heavy atom. The van der Waals surface area contributed by atoms with Crippen molar-refractivity contribution in [1.29, 1.82) is 0 Å². The zero-order chi connectivity index (χ0) is 18.8. The lowest BCUT2D eigenvalue weighted by Gasteiger charge is -2.24. The first-order valence-electron chi connectivity index (χ1n) is 6.88. The van der Waals surface area contributed by atoms with Crippen molar-refractivity contribution in [3.05, 3.63) is 63.2 Å². The van der Waals surface area contributed by atoms with Gasteiger partial charge < -0.3 is 5.11 Å². The number of halogens is 1. The van der Waals surface area contributed by atoms with E-state index in [2.05, 4.69) is 0 Å². The standard InChI is InChI=1S/C15H13ClN2O6S/c1-10-6-7-11(18(21)22)8-14(10)25(23,24)17(9-15(19)20)13-5-3-2-4-12(13)16/h2-8H,9H2,1H3,(H,19,20). The van der Waals surface area contributed by atoms with Crippen LogP contribution in [0.15, 0.2) is 47.4 Å². The van der Waals surface area contributed by atoms with Crippen molar-refractivity contribution >= 4 is 39.0 Å². The van der Waals surface area contributed by atoms with Crippen LogP contribution in [0, 0.1) is 17.0 Å². The van der Waals surface area contributed by atoms with Crippen LogP contribution in [0.4, 0.5) is 11.4 Å². The average Bonchev–Trinajstić information content (AvgIpc) is 2.53. The number of aliphatic carboxylic acids is 1. The Hall–Kier alpha value is -2.65. The number of non-ortho nitro benzene ring substituents is 1. The van der Waals surface area contributed by atoms with E-state index in [0.717, 1.165) is 6.07 Å². The molecule has 0 aromatic heterocycles. The maximum atomic E-state index is 13.0. The molecule has 0 aliphatic carbocycles. The lowest BCUT2D eigenvalue weighted by molar-refractivity contribution is -0.385. The largest absolute Gasteiger partial charge is 0.480 e. The van der Waals surface area contributed by atoms with Crippen molar-refractivity contribution in [2.45, 2.75) is 11.8 Å². The number of benzene rings is 2. The molecular weight excluding hydrogens is 372 g/mol. The Bertz CT molecular complexity index is 945. The summed E-state index contributed by atoms with van der Waals surface area (Å²) in [5.74, 6) is -1.40. The van der Waals surface area contributed by atoms with E-state index in [0.29, 0.717) is 4.31 Å². The number of aryl methyl sites for hydroxylation is 1. The maximum Gasteiger partial charge on any atom is 0.324 e. The molecule has 0 saturated heterocycles. The van der Waals surface area contributed by atoms with Crippen LogP contribution in [0.5, 0.6) is 0 Å². The van der Waals surface area contributed by atoms with Gasteiger partial charge in [0.15, 0.2) is 0 Å². The quantitative estimate of drug-likeness (QED) is 0.604. The molecule has 132 valence electrons. The van der Waals surface area contributed by atoms with Gasteiger partial charge in [-0.15, -0.1) is 0 Å². The summed E-state index contributed by atoms with van der Waals surface area (Å²) in [6.07, 6.45) is 0. The first-order chi connectivity index (χ1) is 11.6. The van der Waals surface area contributed by atoms with Gasteiger partial charge in [0.25, 0.3) is 15.7 Å². The van der Waals surface area contributed by atoms with Gasteiger partial charge in [0.2, 0.25) is 0 Å². The van der Waals surface area contributed by atoms with Crippen molar-refractivity contribution in [1.82, 2.24) is 0 Å². The van der Waals surface area contributed by atoms with Gasteiger partial charge in [-0.05, 0) is 24.6 Å². The lowest BCUT2D eigenvalue weighted by Crippen LogP contribution is -2.36. The van der Waals surface area contributed by atoms with Gasteiger partial charge in [-0.1, -0.05) is 29.8 Å². The smallest absolute Gasteiger partial charge is 0.324 e. The summed E-state index contributed by atoms with van der Waals surface area (Å²) >= 11 is 6.01. The number of rotatable bonds is 6. The molecule has 0 aliphatic heterocycles. The molecule has 8 nitrogen and oxygen atoms in total. The fraction of sp³-hybridized carbons (Fsp3) is 0.133. The van der Waals surface area contributed by atoms with Crippen LogP contribution in [0.25, 0.3) is 0 Å². The Morgan fingerprint density at radius 3 is 2.48 bits per heavy atom. The molecular formula is C15H13ClN2O6S. The van der Waals surface area contributed by atoms with Gasteiger partial charge in [-0.25, -0.2) is 8.42 Å². The Balaban J connectivity index is 2.68. The van der Waals surface area contributed by atoms with Crippen molar-refractivity contribution in [2.24, 2.45) is 0 Å². The fourth-order valence-electron chi connectivity index (χ4n) is 2.18. The van der Waals surface area contributed by atoms with E-state index in [9.17, 15) is 23.3 Å². The number of nitrogens with zero attached hydrogens (tertiary/aromatic N) is 2. The molecule has 0 heterocycles. The number of carboxylic acid groups (broad SMARTS) is 1. The van der Waals surface area contributed by atoms with Gasteiger partial charge in [0.1, 0.15) is 6.54 Å². The van der Waals surface area contributed by atoms with E-state index < -0.39 is 33.1 Å². The maximum absolute atomic E-state index is 13.0. The van der Waals surface area contributed by atoms with Gasteiger partial charge in [-0.3, -0.25) is 19.2 Å². The van der Waals surface area contributed by atoms with E-state index in [1.54, 1.807) is 6.07 Å². The monoisotopic (exact) mass is 384 g/mol. The summed E-state index contributed by atoms with van der Waals surface area (Å²) in [4.78, 5) is 21.0. The van der Waals surface area contributed by atoms with Crippen molar-refractivity contribution in [2.75, 3.05) is 10.8 Å². The van der Waals surface area contributed by atoms with Crippen LogP contribution in [0.2, 0.25) is 5.02 Å². The number of nitro groups is 1. The number of hydrogen-bond acceptors (Lipinski definition) is 5. The third-order valence-corrected chi connectivity index (χ3v) is 5.57. The van der Waals surface area contributed by atoms with E-state index in [-0.39, 0.29) is 21.2 Å². The van der Waals surface area contributed by atoms with Crippen LogP contribution in [0.3, 0.4) is 0 Å². The normalized spacial score (nSPS) is 11.1. The van der Waals surface area contributed by atoms with Crippen LogP contribution in [-0.4, -0.2) is 31.0 Å². The number of sulfonamides is 1. The Kier molecular flexibility index (Phi) is 5.29. The minimum atomic E-state index is -4.39. The minimum absolute atomic E-state index is 0.0301. The topological polar surface area (TPSA) is 118 Å². The molecule has 0 aliphatic rings. The zero-order valence-corrected chi connectivity index (χ0v) is 14.5. The second-order valence-electron chi connectivity index (χ2n) is 5.06. The first kappa shape index (κ1) is 18.7. The van der Waals surface area contributed by atoms with Crippen LogP contribution < -0.4 is 4.31 Å². The number of anilines is 1. The highest BCUT2D eigenvalue weighted by molar-refractivity contribution is 7.93. The minimum Gasteiger partial charge on any atom is -0.480 e. The van der Waals surface area contributed by atoms with Gasteiger partial charge in [0.05, 0.1) is 20.5 Å². The van der Waals surface area contributed by atoms with Crippen molar-refractivity contribution < 1.29 is 23.2 Å².